The van der Waals surface area contributed by atoms with Gasteiger partial charge in [-0.05, 0) is 60.0 Å². The van der Waals surface area contributed by atoms with Crippen LogP contribution in [0.25, 0.3) is 21.9 Å². The van der Waals surface area contributed by atoms with E-state index in [1.54, 1.807) is 0 Å². The Kier molecular flexibility index (Phi) is 12.2. The summed E-state index contributed by atoms with van der Waals surface area (Å²) in [6.45, 7) is 4.25. The number of hydrogen-bond donors (Lipinski definition) is 6. The Hall–Kier alpha value is -4.50. The first-order valence-corrected chi connectivity index (χ1v) is 14.1. The predicted molar refractivity (Wildman–Crippen MR) is 152 cm³/mol. The number of rotatable bonds is 3. The van der Waals surface area contributed by atoms with E-state index < -0.39 is 20.2 Å². The van der Waals surface area contributed by atoms with Crippen molar-refractivity contribution >= 4 is 42.9 Å². The van der Waals surface area contributed by atoms with Crippen LogP contribution in [0.4, 0.5) is 0 Å². The number of fused-ring (bicyclic) bond motifs is 1. The summed E-state index contributed by atoms with van der Waals surface area (Å²) in [6.07, 6.45) is 0. The van der Waals surface area contributed by atoms with Gasteiger partial charge in [0.2, 0.25) is 0 Å². The Labute approximate surface area is 233 Å². The van der Waals surface area contributed by atoms with E-state index in [9.17, 15) is 25.9 Å². The highest BCUT2D eigenvalue weighted by molar-refractivity contribution is 7.86. The Bertz CT molecular complexity index is 1540. The molecule has 0 heterocycles. The van der Waals surface area contributed by atoms with Gasteiger partial charge in [-0.3, -0.25) is 33.8 Å². The fraction of sp³-hybridized carbons (Fsp3) is 0.0769. The second-order valence-corrected chi connectivity index (χ2v) is 11.1. The van der Waals surface area contributed by atoms with Gasteiger partial charge in [-0.15, -0.1) is 0 Å². The molecule has 0 aromatic heterocycles. The standard InChI is InChI=1S/C12H10O6S2.C12H12.2CH5N3/c13-19(14,15)11-5-1-9(2-6-11)10-3-7-12(8-4-10)20(16,17)18;1-9-3-5-12-8-10(2)4-6-11(12)7-9;2*2-1(3)4/h1-8H,(H,13,14,15)(H,16,17,18);3-8H,1-2H3;2*(H5,2,3,4). The molecule has 12 N–H and O–H groups in total. The van der Waals surface area contributed by atoms with Crippen molar-refractivity contribution in [2.24, 2.45) is 22.9 Å². The van der Waals surface area contributed by atoms with Gasteiger partial charge < -0.3 is 9.11 Å². The molecule has 4 aromatic rings. The van der Waals surface area contributed by atoms with Crippen LogP contribution in [0, 0.1) is 13.8 Å². The molecule has 0 aliphatic carbocycles. The van der Waals surface area contributed by atoms with Crippen LogP contribution in [0.5, 0.6) is 0 Å². The van der Waals surface area contributed by atoms with Crippen LogP contribution in [0.3, 0.4) is 0 Å². The number of aryl methyl sites for hydroxylation is 2. The first-order chi connectivity index (χ1) is 18.4. The van der Waals surface area contributed by atoms with Gasteiger partial charge in [0.1, 0.15) is 20.2 Å². The molecule has 12 nitrogen and oxygen atoms in total. The number of guanidine groups is 2. The fourth-order valence-electron chi connectivity index (χ4n) is 3.11. The average molecular weight is 589 g/mol. The summed E-state index contributed by atoms with van der Waals surface area (Å²) in [4.78, 5) is -0.694. The van der Waals surface area contributed by atoms with E-state index in [2.05, 4.69) is 84.0 Å². The van der Waals surface area contributed by atoms with Gasteiger partial charge in [-0.25, -0.2) is 16.8 Å². The van der Waals surface area contributed by atoms with Crippen molar-refractivity contribution in [3.8, 4) is 11.1 Å². The van der Waals surface area contributed by atoms with E-state index in [-0.39, 0.29) is 21.7 Å². The van der Waals surface area contributed by atoms with Gasteiger partial charge in [-0.1, -0.05) is 71.8 Å². The molecular formula is C26H32N6O6S2. The smallest absolute Gasteiger partial charge is 0.336 e. The lowest BCUT2D eigenvalue weighted by molar-refractivity contribution is -0.117. The van der Waals surface area contributed by atoms with E-state index in [0.717, 1.165) is 24.3 Å². The highest BCUT2D eigenvalue weighted by Crippen LogP contribution is 2.23. The van der Waals surface area contributed by atoms with E-state index in [4.69, 9.17) is 0 Å². The summed E-state index contributed by atoms with van der Waals surface area (Å²) in [7, 11) is -9.00. The summed E-state index contributed by atoms with van der Waals surface area (Å²) in [5.74, 6) is -0.167. The molecule has 0 radical (unpaired) electrons. The van der Waals surface area contributed by atoms with Crippen molar-refractivity contribution in [1.82, 2.24) is 0 Å². The third-order valence-electron chi connectivity index (χ3n) is 4.77. The minimum Gasteiger partial charge on any atom is -0.744 e. The predicted octanol–water partition coefficient (Wildman–Crippen LogP) is -1.34. The van der Waals surface area contributed by atoms with Crippen LogP contribution in [-0.2, 0) is 20.2 Å². The zero-order chi connectivity index (χ0) is 30.7. The molecule has 0 bridgehead atoms. The first kappa shape index (κ1) is 33.5. The van der Waals surface area contributed by atoms with Crippen molar-refractivity contribution < 1.29 is 36.8 Å². The molecule has 0 unspecified atom stereocenters. The number of benzene rings is 4. The third kappa shape index (κ3) is 12.4. The van der Waals surface area contributed by atoms with Crippen molar-refractivity contribution in [3.63, 3.8) is 0 Å². The van der Waals surface area contributed by atoms with Crippen LogP contribution in [0.1, 0.15) is 11.1 Å². The average Bonchev–Trinajstić information content (AvgIpc) is 2.83. The first-order valence-electron chi connectivity index (χ1n) is 11.3. The van der Waals surface area contributed by atoms with E-state index >= 15 is 0 Å². The zero-order valence-corrected chi connectivity index (χ0v) is 23.4. The molecule has 0 spiro atoms. The topological polar surface area (TPSA) is 270 Å². The van der Waals surface area contributed by atoms with E-state index in [0.29, 0.717) is 11.1 Å². The maximum absolute atomic E-state index is 10.8. The van der Waals surface area contributed by atoms with E-state index in [1.807, 2.05) is 0 Å². The number of hydrogen-bond acceptors (Lipinski definition) is 6. The van der Waals surface area contributed by atoms with Gasteiger partial charge in [0.25, 0.3) is 0 Å². The quantitative estimate of drug-likeness (QED) is 0.0930. The summed E-state index contributed by atoms with van der Waals surface area (Å²) >= 11 is 0. The third-order valence-corrected chi connectivity index (χ3v) is 6.47. The molecule has 214 valence electrons. The molecule has 0 fully saturated rings. The minimum atomic E-state index is -4.50. The number of nitrogens with two attached hydrogens (primary N) is 6. The van der Waals surface area contributed by atoms with Gasteiger partial charge in [-0.2, -0.15) is 0 Å². The Morgan fingerprint density at radius 3 is 1.02 bits per heavy atom. The molecule has 14 heteroatoms. The van der Waals surface area contributed by atoms with Crippen LogP contribution >= 0.6 is 0 Å². The van der Waals surface area contributed by atoms with Crippen molar-refractivity contribution in [1.29, 1.82) is 0 Å². The molecule has 4 rings (SSSR count). The van der Waals surface area contributed by atoms with Gasteiger partial charge in [0.15, 0.2) is 0 Å². The monoisotopic (exact) mass is 588 g/mol. The van der Waals surface area contributed by atoms with Crippen LogP contribution in [-0.4, -0.2) is 37.9 Å². The molecule has 0 amide bonds. The Morgan fingerprint density at radius 1 is 0.550 bits per heavy atom. The van der Waals surface area contributed by atoms with Crippen LogP contribution < -0.4 is 33.8 Å². The van der Waals surface area contributed by atoms with Crippen molar-refractivity contribution in [2.45, 2.75) is 23.6 Å². The zero-order valence-electron chi connectivity index (χ0n) is 21.8. The lowest BCUT2D eigenvalue weighted by Crippen LogP contribution is -2.51. The summed E-state index contributed by atoms with van der Waals surface area (Å²) in [6, 6.07) is 23.4. The molecule has 40 heavy (non-hydrogen) atoms. The maximum atomic E-state index is 10.8. The van der Waals surface area contributed by atoms with Gasteiger partial charge in [0, 0.05) is 0 Å². The second-order valence-electron chi connectivity index (χ2n) is 8.31. The normalized spacial score (nSPS) is 10.5. The minimum absolute atomic E-state index is 0.0833. The van der Waals surface area contributed by atoms with Crippen molar-refractivity contribution in [3.05, 3.63) is 96.1 Å². The van der Waals surface area contributed by atoms with Gasteiger partial charge >= 0.3 is 11.9 Å². The molecule has 0 saturated carbocycles. The summed E-state index contributed by atoms with van der Waals surface area (Å²) in [5.41, 5.74) is 22.2. The lowest BCUT2D eigenvalue weighted by Gasteiger charge is -2.09. The summed E-state index contributed by atoms with van der Waals surface area (Å²) < 4.78 is 64.7. The van der Waals surface area contributed by atoms with Crippen LogP contribution in [0.15, 0.2) is 94.7 Å². The molecule has 0 aliphatic rings. The Balaban J connectivity index is 0.000000336. The second kappa shape index (κ2) is 14.6. The van der Waals surface area contributed by atoms with E-state index in [1.165, 1.54) is 46.2 Å². The molecule has 0 atom stereocenters. The highest BCUT2D eigenvalue weighted by atomic mass is 32.2. The molecule has 0 aliphatic heterocycles. The SMILES string of the molecule is Cc1ccc2cc(C)ccc2c1.NC(N)=[NH2+].NC(N)=[NH2+].O=S(=O)([O-])c1ccc(-c2ccc(S(=O)(=O)[O-])cc2)cc1. The molecular weight excluding hydrogens is 556 g/mol. The fourth-order valence-corrected chi connectivity index (χ4v) is 4.05. The highest BCUT2D eigenvalue weighted by Gasteiger charge is 2.04. The molecule has 4 aromatic carbocycles. The maximum Gasteiger partial charge on any atom is 0.336 e. The lowest BCUT2D eigenvalue weighted by atomic mass is 10.1. The molecule has 0 saturated heterocycles. The van der Waals surface area contributed by atoms with Crippen LogP contribution in [0.2, 0.25) is 0 Å². The summed E-state index contributed by atoms with van der Waals surface area (Å²) in [5, 5.41) is 11.8. The largest absolute Gasteiger partial charge is 0.744 e. The van der Waals surface area contributed by atoms with Gasteiger partial charge in [0.05, 0.1) is 9.79 Å². The van der Waals surface area contributed by atoms with Crippen molar-refractivity contribution in [2.75, 3.05) is 0 Å². The Morgan fingerprint density at radius 2 is 0.800 bits per heavy atom.